The summed E-state index contributed by atoms with van der Waals surface area (Å²) in [5.74, 6) is 0.841. The summed E-state index contributed by atoms with van der Waals surface area (Å²) < 4.78 is 1.93. The van der Waals surface area contributed by atoms with Gasteiger partial charge in [-0.15, -0.1) is 35.3 Å². The highest BCUT2D eigenvalue weighted by Crippen LogP contribution is 2.09. The van der Waals surface area contributed by atoms with Crippen molar-refractivity contribution >= 4 is 41.3 Å². The molecule has 0 fully saturated rings. The van der Waals surface area contributed by atoms with Crippen molar-refractivity contribution < 1.29 is 0 Å². The molecule has 1 aromatic carbocycles. The molecule has 0 spiro atoms. The molecular weight excluding hydrogens is 457 g/mol. The largest absolute Gasteiger partial charge is 0.357 e. The van der Waals surface area contributed by atoms with E-state index in [0.29, 0.717) is 6.54 Å². The van der Waals surface area contributed by atoms with Gasteiger partial charge in [-0.2, -0.15) is 5.10 Å². The van der Waals surface area contributed by atoms with Crippen molar-refractivity contribution in [1.82, 2.24) is 20.4 Å². The minimum Gasteiger partial charge on any atom is -0.357 e. The fourth-order valence-electron chi connectivity index (χ4n) is 2.50. The van der Waals surface area contributed by atoms with E-state index < -0.39 is 0 Å². The molecule has 0 aliphatic carbocycles. The van der Waals surface area contributed by atoms with Crippen LogP contribution >= 0.6 is 35.3 Å². The van der Waals surface area contributed by atoms with Crippen LogP contribution < -0.4 is 10.6 Å². The Balaban J connectivity index is 0.00000243. The number of nitrogens with one attached hydrogen (secondary N) is 2. The maximum Gasteiger partial charge on any atom is 0.191 e. The van der Waals surface area contributed by atoms with Crippen LogP contribution in [0.15, 0.2) is 65.2 Å². The summed E-state index contributed by atoms with van der Waals surface area (Å²) in [6.07, 6.45) is 3.78. The van der Waals surface area contributed by atoms with Gasteiger partial charge >= 0.3 is 0 Å². The lowest BCUT2D eigenvalue weighted by Crippen LogP contribution is -2.36. The molecule has 138 valence electrons. The lowest BCUT2D eigenvalue weighted by molar-refractivity contribution is 0.686. The molecule has 0 bridgehead atoms. The van der Waals surface area contributed by atoms with Gasteiger partial charge in [0.05, 0.1) is 19.6 Å². The number of aliphatic imine (C=N–C) groups is 1. The number of hydrogen-bond donors (Lipinski definition) is 2. The summed E-state index contributed by atoms with van der Waals surface area (Å²) in [7, 11) is 0. The van der Waals surface area contributed by atoms with E-state index in [2.05, 4.69) is 64.4 Å². The van der Waals surface area contributed by atoms with Gasteiger partial charge in [0.25, 0.3) is 0 Å². The average molecular weight is 481 g/mol. The van der Waals surface area contributed by atoms with Gasteiger partial charge in [-0.05, 0) is 35.6 Å². The first-order valence-electron chi connectivity index (χ1n) is 8.43. The molecule has 3 aromatic rings. The van der Waals surface area contributed by atoms with E-state index in [4.69, 9.17) is 4.99 Å². The van der Waals surface area contributed by atoms with Crippen molar-refractivity contribution in [3.05, 3.63) is 76.2 Å². The van der Waals surface area contributed by atoms with Crippen LogP contribution in [0.2, 0.25) is 0 Å². The van der Waals surface area contributed by atoms with Gasteiger partial charge in [-0.3, -0.25) is 4.68 Å². The van der Waals surface area contributed by atoms with Crippen LogP contribution in [0, 0.1) is 0 Å². The molecule has 2 N–H and O–H groups in total. The zero-order valence-electron chi connectivity index (χ0n) is 14.8. The number of guanidine groups is 1. The number of aromatic nitrogens is 2. The van der Waals surface area contributed by atoms with Crippen molar-refractivity contribution in [3.63, 3.8) is 0 Å². The van der Waals surface area contributed by atoms with E-state index in [9.17, 15) is 0 Å². The van der Waals surface area contributed by atoms with E-state index in [1.165, 1.54) is 16.0 Å². The number of benzene rings is 1. The highest BCUT2D eigenvalue weighted by atomic mass is 127. The Hall–Kier alpha value is -1.87. The molecule has 0 amide bonds. The number of nitrogens with zero attached hydrogens (tertiary/aromatic N) is 3. The fraction of sp³-hybridized carbons (Fsp3) is 0.263. The molecule has 0 atom stereocenters. The van der Waals surface area contributed by atoms with Crippen LogP contribution in [0.25, 0.3) is 0 Å². The summed E-state index contributed by atoms with van der Waals surface area (Å²) in [5, 5.41) is 13.0. The maximum atomic E-state index is 4.70. The van der Waals surface area contributed by atoms with E-state index in [1.807, 2.05) is 16.9 Å². The van der Waals surface area contributed by atoms with Crippen LogP contribution in [0.5, 0.6) is 0 Å². The Morgan fingerprint density at radius 1 is 1.15 bits per heavy atom. The third kappa shape index (κ3) is 6.45. The Labute approximate surface area is 175 Å². The van der Waals surface area contributed by atoms with Crippen molar-refractivity contribution in [2.45, 2.75) is 26.6 Å². The molecule has 0 radical (unpaired) electrons. The Kier molecular flexibility index (Phi) is 8.63. The minimum atomic E-state index is 0. The topological polar surface area (TPSA) is 54.2 Å². The molecule has 26 heavy (non-hydrogen) atoms. The van der Waals surface area contributed by atoms with Gasteiger partial charge in [0.1, 0.15) is 0 Å². The first-order valence-corrected chi connectivity index (χ1v) is 9.31. The molecule has 2 heterocycles. The molecule has 3 rings (SSSR count). The lowest BCUT2D eigenvalue weighted by Gasteiger charge is -2.11. The fourth-order valence-corrected chi connectivity index (χ4v) is 3.15. The number of halogens is 1. The standard InChI is InChI=1S/C19H23N5S.HI/c1-2-20-19(22-14-18-8-4-11-25-18)21-13-16-6-3-7-17(12-16)15-24-10-5-9-23-24;/h3-12H,2,13-15H2,1H3,(H2,20,21,22);1H. The summed E-state index contributed by atoms with van der Waals surface area (Å²) in [5.41, 5.74) is 2.42. The lowest BCUT2D eigenvalue weighted by atomic mass is 10.1. The summed E-state index contributed by atoms with van der Waals surface area (Å²) >= 11 is 1.75. The second kappa shape index (κ2) is 11.0. The average Bonchev–Trinajstić information content (AvgIpc) is 3.31. The smallest absolute Gasteiger partial charge is 0.191 e. The maximum absolute atomic E-state index is 4.70. The molecular formula is C19H24IN5S. The first kappa shape index (κ1) is 20.4. The molecule has 0 aliphatic rings. The Morgan fingerprint density at radius 2 is 2.04 bits per heavy atom. The monoisotopic (exact) mass is 481 g/mol. The molecule has 0 aliphatic heterocycles. The van der Waals surface area contributed by atoms with E-state index in [-0.39, 0.29) is 24.0 Å². The normalized spacial score (nSPS) is 11.0. The van der Waals surface area contributed by atoms with Crippen LogP contribution in [-0.2, 0) is 19.6 Å². The molecule has 7 heteroatoms. The highest BCUT2D eigenvalue weighted by molar-refractivity contribution is 14.0. The number of hydrogen-bond acceptors (Lipinski definition) is 3. The predicted octanol–water partition coefficient (Wildman–Crippen LogP) is 3.87. The van der Waals surface area contributed by atoms with E-state index in [0.717, 1.165) is 25.6 Å². The third-order valence-electron chi connectivity index (χ3n) is 3.67. The first-order chi connectivity index (χ1) is 12.3. The van der Waals surface area contributed by atoms with Crippen molar-refractivity contribution in [1.29, 1.82) is 0 Å². The van der Waals surface area contributed by atoms with Crippen LogP contribution in [0.3, 0.4) is 0 Å². The van der Waals surface area contributed by atoms with Crippen molar-refractivity contribution in [3.8, 4) is 0 Å². The Morgan fingerprint density at radius 3 is 2.77 bits per heavy atom. The summed E-state index contributed by atoms with van der Waals surface area (Å²) in [6.45, 7) is 5.14. The molecule has 0 saturated carbocycles. The number of thiophene rings is 1. The number of rotatable bonds is 7. The minimum absolute atomic E-state index is 0. The van der Waals surface area contributed by atoms with Crippen LogP contribution in [-0.4, -0.2) is 22.3 Å². The van der Waals surface area contributed by atoms with Gasteiger partial charge < -0.3 is 10.6 Å². The van der Waals surface area contributed by atoms with Crippen LogP contribution in [0.4, 0.5) is 0 Å². The molecule has 2 aromatic heterocycles. The Bertz CT molecular complexity index is 784. The molecule has 0 unspecified atom stereocenters. The third-order valence-corrected chi connectivity index (χ3v) is 4.55. The van der Waals surface area contributed by atoms with Gasteiger partial charge in [0, 0.05) is 23.8 Å². The van der Waals surface area contributed by atoms with Crippen molar-refractivity contribution in [2.75, 3.05) is 6.54 Å². The predicted molar refractivity (Wildman–Crippen MR) is 119 cm³/mol. The molecule has 0 saturated heterocycles. The van der Waals surface area contributed by atoms with Crippen molar-refractivity contribution in [2.24, 2.45) is 4.99 Å². The summed E-state index contributed by atoms with van der Waals surface area (Å²) in [6, 6.07) is 14.6. The summed E-state index contributed by atoms with van der Waals surface area (Å²) in [4.78, 5) is 6.00. The SMILES string of the molecule is CCNC(=NCc1cccc(Cn2cccn2)c1)NCc1cccs1.I. The van der Waals surface area contributed by atoms with Crippen LogP contribution in [0.1, 0.15) is 22.9 Å². The zero-order valence-corrected chi connectivity index (χ0v) is 17.9. The van der Waals surface area contributed by atoms with E-state index in [1.54, 1.807) is 17.5 Å². The second-order valence-corrected chi connectivity index (χ2v) is 6.68. The quantitative estimate of drug-likeness (QED) is 0.306. The zero-order chi connectivity index (χ0) is 17.3. The molecule has 5 nitrogen and oxygen atoms in total. The van der Waals surface area contributed by atoms with Gasteiger partial charge in [-0.25, -0.2) is 4.99 Å². The van der Waals surface area contributed by atoms with Gasteiger partial charge in [0.2, 0.25) is 0 Å². The van der Waals surface area contributed by atoms with Gasteiger partial charge in [-0.1, -0.05) is 30.3 Å². The highest BCUT2D eigenvalue weighted by Gasteiger charge is 2.01. The van der Waals surface area contributed by atoms with E-state index >= 15 is 0 Å². The van der Waals surface area contributed by atoms with Gasteiger partial charge in [0.15, 0.2) is 5.96 Å². The second-order valence-electron chi connectivity index (χ2n) is 5.65.